The quantitative estimate of drug-likeness (QED) is 0.525. The van der Waals surface area contributed by atoms with E-state index in [2.05, 4.69) is 0 Å². The molecule has 2 amide bonds. The van der Waals surface area contributed by atoms with Gasteiger partial charge in [-0.25, -0.2) is 0 Å². The molecule has 0 aromatic rings. The number of hydrogen-bond acceptors (Lipinski definition) is 2. The fraction of sp³-hybridized carbons (Fsp3) is 0.750. The van der Waals surface area contributed by atoms with E-state index in [9.17, 15) is 9.59 Å². The van der Waals surface area contributed by atoms with Crippen molar-refractivity contribution in [1.82, 2.24) is 4.90 Å². The zero-order chi connectivity index (χ0) is 8.43. The van der Waals surface area contributed by atoms with Crippen molar-refractivity contribution in [3.05, 3.63) is 0 Å². The van der Waals surface area contributed by atoms with Crippen LogP contribution in [0, 0.1) is 5.92 Å². The molecule has 0 unspecified atom stereocenters. The van der Waals surface area contributed by atoms with Gasteiger partial charge in [0.25, 0.3) is 0 Å². The highest BCUT2D eigenvalue weighted by molar-refractivity contribution is 5.97. The Morgan fingerprint density at radius 1 is 1.36 bits per heavy atom. The predicted octanol–water partition coefficient (Wildman–Crippen LogP) is 0.791. The second-order valence-corrected chi connectivity index (χ2v) is 3.05. The third kappa shape index (κ3) is 1.59. The Labute approximate surface area is 66.4 Å². The van der Waals surface area contributed by atoms with E-state index in [1.54, 1.807) is 0 Å². The second kappa shape index (κ2) is 3.03. The smallest absolute Gasteiger partial charge is 0.229 e. The summed E-state index contributed by atoms with van der Waals surface area (Å²) >= 11 is 0. The summed E-state index contributed by atoms with van der Waals surface area (Å²) in [5.74, 6) is 0.199. The molecule has 0 bridgehead atoms. The number of carbonyl (C=O) groups is 2. The van der Waals surface area contributed by atoms with E-state index in [1.807, 2.05) is 13.8 Å². The molecule has 1 fully saturated rings. The fourth-order valence-electron chi connectivity index (χ4n) is 1.38. The van der Waals surface area contributed by atoms with Gasteiger partial charge in [-0.2, -0.15) is 0 Å². The molecule has 0 aromatic heterocycles. The van der Waals surface area contributed by atoms with Gasteiger partial charge < -0.3 is 0 Å². The lowest BCUT2D eigenvalue weighted by molar-refractivity contribution is -0.149. The van der Waals surface area contributed by atoms with Crippen LogP contribution in [0.2, 0.25) is 0 Å². The summed E-state index contributed by atoms with van der Waals surface area (Å²) in [5, 5.41) is 0. The van der Waals surface area contributed by atoms with Crippen LogP contribution in [-0.4, -0.2) is 23.3 Å². The Kier molecular flexibility index (Phi) is 2.27. The Morgan fingerprint density at radius 2 is 1.82 bits per heavy atom. The van der Waals surface area contributed by atoms with Crippen molar-refractivity contribution in [2.24, 2.45) is 5.92 Å². The van der Waals surface area contributed by atoms with E-state index in [-0.39, 0.29) is 17.7 Å². The summed E-state index contributed by atoms with van der Waals surface area (Å²) in [5.41, 5.74) is 0. The molecule has 0 saturated carbocycles. The monoisotopic (exact) mass is 155 g/mol. The molecule has 0 atom stereocenters. The molecule has 1 saturated heterocycles. The van der Waals surface area contributed by atoms with Crippen LogP contribution in [0.5, 0.6) is 0 Å². The van der Waals surface area contributed by atoms with Crippen molar-refractivity contribution >= 4 is 11.8 Å². The summed E-state index contributed by atoms with van der Waals surface area (Å²) in [6.07, 6.45) is 1.05. The van der Waals surface area contributed by atoms with E-state index in [4.69, 9.17) is 0 Å². The van der Waals surface area contributed by atoms with Gasteiger partial charge in [-0.15, -0.1) is 0 Å². The number of nitrogens with zero attached hydrogens (tertiary/aromatic N) is 1. The average Bonchev–Trinajstić information content (AvgIpc) is 1.85. The van der Waals surface area contributed by atoms with Crippen LogP contribution in [0.3, 0.4) is 0 Å². The molecule has 11 heavy (non-hydrogen) atoms. The first-order chi connectivity index (χ1) is 5.15. The Balaban J connectivity index is 2.67. The van der Waals surface area contributed by atoms with Crippen LogP contribution in [0.15, 0.2) is 0 Å². The van der Waals surface area contributed by atoms with Crippen LogP contribution in [0.4, 0.5) is 0 Å². The number of imide groups is 1. The summed E-state index contributed by atoms with van der Waals surface area (Å²) < 4.78 is 0. The van der Waals surface area contributed by atoms with E-state index in [0.29, 0.717) is 19.4 Å². The third-order valence-electron chi connectivity index (χ3n) is 1.96. The second-order valence-electron chi connectivity index (χ2n) is 3.05. The highest BCUT2D eigenvalue weighted by Gasteiger charge is 2.28. The van der Waals surface area contributed by atoms with E-state index < -0.39 is 0 Å². The minimum atomic E-state index is -0.0174. The largest absolute Gasteiger partial charge is 0.283 e. The van der Waals surface area contributed by atoms with Gasteiger partial charge in [0.2, 0.25) is 11.8 Å². The molecule has 62 valence electrons. The maximum atomic E-state index is 11.2. The number of piperidine rings is 1. The van der Waals surface area contributed by atoms with Gasteiger partial charge in [-0.1, -0.05) is 6.92 Å². The minimum absolute atomic E-state index is 0.0174. The zero-order valence-electron chi connectivity index (χ0n) is 6.96. The lowest BCUT2D eigenvalue weighted by Crippen LogP contribution is -2.42. The number of likely N-dealkylation sites (tertiary alicyclic amines) is 1. The molecule has 1 heterocycles. The topological polar surface area (TPSA) is 37.4 Å². The number of carbonyl (C=O) groups excluding carboxylic acids is 2. The summed E-state index contributed by atoms with van der Waals surface area (Å²) in [6.45, 7) is 4.28. The van der Waals surface area contributed by atoms with Gasteiger partial charge in [-0.05, 0) is 12.8 Å². The highest BCUT2D eigenvalue weighted by Crippen LogP contribution is 2.17. The molecule has 1 aliphatic rings. The van der Waals surface area contributed by atoms with Gasteiger partial charge in [0.1, 0.15) is 0 Å². The molecule has 1 aliphatic heterocycles. The molecule has 3 heteroatoms. The maximum Gasteiger partial charge on any atom is 0.229 e. The van der Waals surface area contributed by atoms with Crippen LogP contribution in [-0.2, 0) is 9.59 Å². The van der Waals surface area contributed by atoms with E-state index in [1.165, 1.54) is 4.90 Å². The van der Waals surface area contributed by atoms with Crippen LogP contribution in [0.25, 0.3) is 0 Å². The molecule has 0 aliphatic carbocycles. The number of rotatable bonds is 1. The van der Waals surface area contributed by atoms with Gasteiger partial charge in [0.15, 0.2) is 0 Å². The van der Waals surface area contributed by atoms with Crippen molar-refractivity contribution in [2.75, 3.05) is 6.54 Å². The SMILES string of the molecule is CCN1C(=O)CC(C)CC1=O. The number of amides is 2. The van der Waals surface area contributed by atoms with Crippen LogP contribution >= 0.6 is 0 Å². The molecular formula is C8H13NO2. The average molecular weight is 155 g/mol. The Hall–Kier alpha value is -0.860. The maximum absolute atomic E-state index is 11.2. The van der Waals surface area contributed by atoms with E-state index in [0.717, 1.165) is 0 Å². The van der Waals surface area contributed by atoms with Gasteiger partial charge in [0, 0.05) is 19.4 Å². The van der Waals surface area contributed by atoms with Gasteiger partial charge in [0.05, 0.1) is 0 Å². The zero-order valence-corrected chi connectivity index (χ0v) is 6.96. The summed E-state index contributed by atoms with van der Waals surface area (Å²) in [4.78, 5) is 23.6. The molecule has 0 aromatic carbocycles. The third-order valence-corrected chi connectivity index (χ3v) is 1.96. The molecule has 0 N–H and O–H groups in total. The van der Waals surface area contributed by atoms with Crippen LogP contribution in [0.1, 0.15) is 26.7 Å². The Bertz CT molecular complexity index is 171. The molecule has 0 spiro atoms. The highest BCUT2D eigenvalue weighted by atomic mass is 16.2. The number of hydrogen-bond donors (Lipinski definition) is 0. The normalized spacial score (nSPS) is 21.1. The first kappa shape index (κ1) is 8.24. The van der Waals surface area contributed by atoms with Crippen molar-refractivity contribution in [1.29, 1.82) is 0 Å². The first-order valence-corrected chi connectivity index (χ1v) is 3.98. The minimum Gasteiger partial charge on any atom is -0.283 e. The van der Waals surface area contributed by atoms with E-state index >= 15 is 0 Å². The molecule has 1 rings (SSSR count). The van der Waals surface area contributed by atoms with Gasteiger partial charge in [-0.3, -0.25) is 14.5 Å². The lowest BCUT2D eigenvalue weighted by Gasteiger charge is -2.26. The predicted molar refractivity (Wildman–Crippen MR) is 40.8 cm³/mol. The Morgan fingerprint density at radius 3 is 2.18 bits per heavy atom. The molecule has 3 nitrogen and oxygen atoms in total. The van der Waals surface area contributed by atoms with Gasteiger partial charge >= 0.3 is 0 Å². The van der Waals surface area contributed by atoms with Crippen molar-refractivity contribution in [3.63, 3.8) is 0 Å². The molecular weight excluding hydrogens is 142 g/mol. The van der Waals surface area contributed by atoms with Crippen molar-refractivity contribution in [2.45, 2.75) is 26.7 Å². The van der Waals surface area contributed by atoms with Crippen molar-refractivity contribution in [3.8, 4) is 0 Å². The summed E-state index contributed by atoms with van der Waals surface area (Å²) in [6, 6.07) is 0. The van der Waals surface area contributed by atoms with Crippen molar-refractivity contribution < 1.29 is 9.59 Å². The molecule has 0 radical (unpaired) electrons. The van der Waals surface area contributed by atoms with Crippen LogP contribution < -0.4 is 0 Å². The summed E-state index contributed by atoms with van der Waals surface area (Å²) in [7, 11) is 0. The lowest BCUT2D eigenvalue weighted by atomic mass is 9.98. The standard InChI is InChI=1S/C8H13NO2/c1-3-9-7(10)4-6(2)5-8(9)11/h6H,3-5H2,1-2H3. The first-order valence-electron chi connectivity index (χ1n) is 3.98. The fourth-order valence-corrected chi connectivity index (χ4v) is 1.38.